The van der Waals surface area contributed by atoms with Crippen LogP contribution in [-0.2, 0) is 20.3 Å². The lowest BCUT2D eigenvalue weighted by Crippen LogP contribution is -2.40. The van der Waals surface area contributed by atoms with E-state index < -0.39 is 15.9 Å². The molecule has 0 aliphatic carbocycles. The Morgan fingerprint density at radius 1 is 1.12 bits per heavy atom. The minimum Gasteiger partial charge on any atom is -0.379 e. The quantitative estimate of drug-likeness (QED) is 0.619. The van der Waals surface area contributed by atoms with Gasteiger partial charge in [0.2, 0.25) is 16.0 Å². The number of sulfonamides is 1. The molecule has 0 saturated carbocycles. The van der Waals surface area contributed by atoms with E-state index in [2.05, 4.69) is 10.3 Å². The van der Waals surface area contributed by atoms with E-state index in [1.807, 2.05) is 49.6 Å². The van der Waals surface area contributed by atoms with Crippen LogP contribution in [0, 0.1) is 0 Å². The molecule has 1 fully saturated rings. The van der Waals surface area contributed by atoms with Crippen molar-refractivity contribution >= 4 is 44.5 Å². The van der Waals surface area contributed by atoms with Crippen LogP contribution in [-0.4, -0.2) is 54.5 Å². The zero-order valence-electron chi connectivity index (χ0n) is 18.1. The highest BCUT2D eigenvalue weighted by atomic mass is 35.5. The molecule has 1 N–H and O–H groups in total. The summed E-state index contributed by atoms with van der Waals surface area (Å²) in [6.07, 6.45) is 0. The third kappa shape index (κ3) is 4.25. The molecule has 4 rings (SSSR count). The number of amides is 1. The first-order valence-electron chi connectivity index (χ1n) is 10.3. The van der Waals surface area contributed by atoms with Crippen molar-refractivity contribution in [2.24, 2.45) is 0 Å². The molecule has 10 heteroatoms. The highest BCUT2D eigenvalue weighted by Crippen LogP contribution is 2.29. The number of benzene rings is 2. The van der Waals surface area contributed by atoms with Gasteiger partial charge in [-0.1, -0.05) is 23.7 Å². The molecule has 32 heavy (non-hydrogen) atoms. The topological polar surface area (TPSA) is 93.5 Å². The monoisotopic (exact) mass is 476 g/mol. The number of nitrogens with zero attached hydrogens (tertiary/aromatic N) is 3. The Hall–Kier alpha value is -2.46. The fourth-order valence-electron chi connectivity index (χ4n) is 3.73. The molecule has 1 aliphatic rings. The molecule has 0 spiro atoms. The summed E-state index contributed by atoms with van der Waals surface area (Å²) in [7, 11) is -3.77. The number of imidazole rings is 1. The number of hydrogen-bond donors (Lipinski definition) is 1. The molecule has 1 aliphatic heterocycles. The summed E-state index contributed by atoms with van der Waals surface area (Å²) < 4.78 is 34.5. The predicted molar refractivity (Wildman–Crippen MR) is 124 cm³/mol. The number of morpholine rings is 1. The van der Waals surface area contributed by atoms with Crippen molar-refractivity contribution in [2.75, 3.05) is 31.6 Å². The maximum atomic E-state index is 13.2. The summed E-state index contributed by atoms with van der Waals surface area (Å²) in [4.78, 5) is 17.7. The molecule has 3 aromatic rings. The van der Waals surface area contributed by atoms with Gasteiger partial charge in [0.1, 0.15) is 0 Å². The Morgan fingerprint density at radius 3 is 2.50 bits per heavy atom. The maximum Gasteiger partial charge on any atom is 0.259 e. The number of nitrogens with one attached hydrogen (secondary N) is 1. The number of aromatic nitrogens is 2. The van der Waals surface area contributed by atoms with Gasteiger partial charge in [-0.3, -0.25) is 10.1 Å². The summed E-state index contributed by atoms with van der Waals surface area (Å²) >= 11 is 6.29. The van der Waals surface area contributed by atoms with Crippen LogP contribution in [0.4, 0.5) is 5.95 Å². The van der Waals surface area contributed by atoms with Gasteiger partial charge in [0, 0.05) is 18.6 Å². The number of ether oxygens (including phenoxy) is 1. The SMILES string of the molecule is CC(C)(C)n1c(NC(=O)c2cc(S(=O)(=O)N3CCOCC3)ccc2Cl)nc2ccccc21. The average molecular weight is 477 g/mol. The largest absolute Gasteiger partial charge is 0.379 e. The van der Waals surface area contributed by atoms with E-state index in [4.69, 9.17) is 16.3 Å². The second-order valence-corrected chi connectivity index (χ2v) is 10.9. The first-order valence-corrected chi connectivity index (χ1v) is 12.1. The highest BCUT2D eigenvalue weighted by molar-refractivity contribution is 7.89. The third-order valence-electron chi connectivity index (χ3n) is 5.25. The number of halogens is 1. The van der Waals surface area contributed by atoms with Crippen molar-refractivity contribution in [3.63, 3.8) is 0 Å². The first-order chi connectivity index (χ1) is 15.1. The molecule has 0 atom stereocenters. The van der Waals surface area contributed by atoms with E-state index in [1.165, 1.54) is 22.5 Å². The lowest BCUT2D eigenvalue weighted by atomic mass is 10.1. The summed E-state index contributed by atoms with van der Waals surface area (Å²) in [6.45, 7) is 7.24. The normalized spacial score (nSPS) is 15.8. The van der Waals surface area contributed by atoms with Gasteiger partial charge >= 0.3 is 0 Å². The molecule has 8 nitrogen and oxygen atoms in total. The Labute approximate surface area is 192 Å². The third-order valence-corrected chi connectivity index (χ3v) is 7.47. The fraction of sp³-hybridized carbons (Fsp3) is 0.364. The van der Waals surface area contributed by atoms with Gasteiger partial charge in [-0.2, -0.15) is 4.31 Å². The van der Waals surface area contributed by atoms with Crippen molar-refractivity contribution in [1.29, 1.82) is 0 Å². The number of rotatable bonds is 4. The van der Waals surface area contributed by atoms with Gasteiger partial charge in [0.25, 0.3) is 5.91 Å². The van der Waals surface area contributed by atoms with E-state index in [9.17, 15) is 13.2 Å². The van der Waals surface area contributed by atoms with Crippen molar-refractivity contribution < 1.29 is 17.9 Å². The van der Waals surface area contributed by atoms with Crippen LogP contribution in [0.25, 0.3) is 11.0 Å². The molecular weight excluding hydrogens is 452 g/mol. The Morgan fingerprint density at radius 2 is 1.81 bits per heavy atom. The Kier molecular flexibility index (Phi) is 6.02. The van der Waals surface area contributed by atoms with Gasteiger partial charge in [-0.15, -0.1) is 0 Å². The zero-order chi connectivity index (χ0) is 23.1. The van der Waals surface area contributed by atoms with Crippen molar-refractivity contribution in [2.45, 2.75) is 31.2 Å². The second kappa shape index (κ2) is 8.47. The lowest BCUT2D eigenvalue weighted by Gasteiger charge is -2.26. The van der Waals surface area contributed by atoms with E-state index in [1.54, 1.807) is 0 Å². The molecule has 1 aromatic heterocycles. The van der Waals surface area contributed by atoms with Crippen LogP contribution in [0.5, 0.6) is 0 Å². The lowest BCUT2D eigenvalue weighted by molar-refractivity contribution is 0.0730. The molecule has 2 aromatic carbocycles. The number of hydrogen-bond acceptors (Lipinski definition) is 5. The van der Waals surface area contributed by atoms with Crippen molar-refractivity contribution in [1.82, 2.24) is 13.9 Å². The van der Waals surface area contributed by atoms with Crippen molar-refractivity contribution in [3.8, 4) is 0 Å². The van der Waals surface area contributed by atoms with Crippen LogP contribution in [0.1, 0.15) is 31.1 Å². The Balaban J connectivity index is 1.70. The molecule has 1 saturated heterocycles. The minimum absolute atomic E-state index is 0.0123. The van der Waals surface area contributed by atoms with E-state index in [0.29, 0.717) is 19.2 Å². The Bertz CT molecular complexity index is 1270. The molecule has 0 radical (unpaired) electrons. The molecule has 1 amide bonds. The van der Waals surface area contributed by atoms with Crippen LogP contribution in [0.3, 0.4) is 0 Å². The van der Waals surface area contributed by atoms with Crippen molar-refractivity contribution in [3.05, 3.63) is 53.1 Å². The summed E-state index contributed by atoms with van der Waals surface area (Å²) in [5.41, 5.74) is 1.33. The predicted octanol–water partition coefficient (Wildman–Crippen LogP) is 3.72. The number of carbonyl (C=O) groups is 1. The number of para-hydroxylation sites is 2. The van der Waals surface area contributed by atoms with Crippen LogP contribution < -0.4 is 5.32 Å². The van der Waals surface area contributed by atoms with Crippen LogP contribution in [0.15, 0.2) is 47.4 Å². The minimum atomic E-state index is -3.77. The fourth-order valence-corrected chi connectivity index (χ4v) is 5.37. The maximum absolute atomic E-state index is 13.2. The van der Waals surface area contributed by atoms with E-state index in [-0.39, 0.29) is 34.1 Å². The molecule has 170 valence electrons. The van der Waals surface area contributed by atoms with Gasteiger partial charge in [0.15, 0.2) is 0 Å². The van der Waals surface area contributed by atoms with Gasteiger partial charge < -0.3 is 9.30 Å². The smallest absolute Gasteiger partial charge is 0.259 e. The van der Waals surface area contributed by atoms with Crippen LogP contribution >= 0.6 is 11.6 Å². The van der Waals surface area contributed by atoms with E-state index in [0.717, 1.165) is 11.0 Å². The van der Waals surface area contributed by atoms with Gasteiger partial charge in [-0.25, -0.2) is 13.4 Å². The van der Waals surface area contributed by atoms with Gasteiger partial charge in [-0.05, 0) is 51.1 Å². The van der Waals surface area contributed by atoms with E-state index >= 15 is 0 Å². The summed E-state index contributed by atoms with van der Waals surface area (Å²) in [5.74, 6) is -0.170. The second-order valence-electron chi connectivity index (χ2n) is 8.54. The standard InChI is InChI=1S/C22H25ClN4O4S/c1-22(2,3)27-19-7-5-4-6-18(19)24-21(27)25-20(28)16-14-15(8-9-17(16)23)32(29,30)26-10-12-31-13-11-26/h4-9,14H,10-13H2,1-3H3,(H,24,25,28). The highest BCUT2D eigenvalue weighted by Gasteiger charge is 2.28. The molecular formula is C22H25ClN4O4S. The number of fused-ring (bicyclic) bond motifs is 1. The number of anilines is 1. The van der Waals surface area contributed by atoms with Gasteiger partial charge in [0.05, 0.1) is 39.7 Å². The first kappa shape index (κ1) is 22.7. The molecule has 0 unspecified atom stereocenters. The summed E-state index contributed by atoms with van der Waals surface area (Å²) in [6, 6.07) is 11.7. The zero-order valence-corrected chi connectivity index (χ0v) is 19.7. The number of carbonyl (C=O) groups excluding carboxylic acids is 1. The summed E-state index contributed by atoms with van der Waals surface area (Å²) in [5, 5.41) is 2.98. The van der Waals surface area contributed by atoms with Crippen LogP contribution in [0.2, 0.25) is 5.02 Å². The molecule has 2 heterocycles. The average Bonchev–Trinajstić information content (AvgIpc) is 3.12. The molecule has 0 bridgehead atoms.